The third kappa shape index (κ3) is 2.10. The van der Waals surface area contributed by atoms with Crippen LogP contribution in [0.15, 0.2) is 48.5 Å². The molecular formula is C16H16FN. The van der Waals surface area contributed by atoms with Crippen LogP contribution in [0.25, 0.3) is 0 Å². The Morgan fingerprint density at radius 2 is 1.89 bits per heavy atom. The Labute approximate surface area is 107 Å². The van der Waals surface area contributed by atoms with Crippen LogP contribution in [0.4, 0.5) is 10.1 Å². The average Bonchev–Trinajstić information content (AvgIpc) is 2.87. The second-order valence-corrected chi connectivity index (χ2v) is 4.72. The lowest BCUT2D eigenvalue weighted by molar-refractivity contribution is 0.343. The van der Waals surface area contributed by atoms with Crippen molar-refractivity contribution in [1.82, 2.24) is 0 Å². The van der Waals surface area contributed by atoms with Crippen LogP contribution in [0.1, 0.15) is 22.9 Å². The molecule has 1 N–H and O–H groups in total. The van der Waals surface area contributed by atoms with E-state index in [9.17, 15) is 4.39 Å². The fourth-order valence-electron chi connectivity index (χ4n) is 2.56. The minimum atomic E-state index is -0.937. The van der Waals surface area contributed by atoms with Gasteiger partial charge >= 0.3 is 0 Å². The Hall–Kier alpha value is -1.83. The van der Waals surface area contributed by atoms with Gasteiger partial charge in [0.2, 0.25) is 0 Å². The number of anilines is 1. The molecule has 1 heterocycles. The Morgan fingerprint density at radius 1 is 1.06 bits per heavy atom. The number of halogens is 1. The summed E-state index contributed by atoms with van der Waals surface area (Å²) in [6.45, 7) is 0.921. The molecule has 0 spiro atoms. The zero-order chi connectivity index (χ0) is 12.4. The lowest BCUT2D eigenvalue weighted by atomic mass is 9.99. The SMILES string of the molecule is FC(Cc1ccccc1)c1cccc2c1NCC2. The standard InChI is InChI=1S/C16H16FN/c17-15(11-12-5-2-1-3-6-12)14-8-4-7-13-9-10-18-16(13)14/h1-8,15,18H,9-11H2. The smallest absolute Gasteiger partial charge is 0.131 e. The molecule has 1 aliphatic rings. The van der Waals surface area contributed by atoms with E-state index in [1.807, 2.05) is 42.5 Å². The van der Waals surface area contributed by atoms with Gasteiger partial charge < -0.3 is 5.32 Å². The normalized spacial score (nSPS) is 14.9. The quantitative estimate of drug-likeness (QED) is 0.859. The number of alkyl halides is 1. The molecule has 1 unspecified atom stereocenters. The second kappa shape index (κ2) is 4.81. The first-order valence-electron chi connectivity index (χ1n) is 6.38. The second-order valence-electron chi connectivity index (χ2n) is 4.72. The number of fused-ring (bicyclic) bond motifs is 1. The number of benzene rings is 2. The van der Waals surface area contributed by atoms with E-state index >= 15 is 0 Å². The summed E-state index contributed by atoms with van der Waals surface area (Å²) in [4.78, 5) is 0. The van der Waals surface area contributed by atoms with E-state index in [-0.39, 0.29) is 0 Å². The van der Waals surface area contributed by atoms with E-state index in [0.29, 0.717) is 6.42 Å². The first-order valence-corrected chi connectivity index (χ1v) is 6.38. The van der Waals surface area contributed by atoms with Gasteiger partial charge in [0, 0.05) is 24.2 Å². The van der Waals surface area contributed by atoms with Crippen LogP contribution in [-0.4, -0.2) is 6.54 Å². The molecule has 2 heteroatoms. The van der Waals surface area contributed by atoms with Gasteiger partial charge in [0.15, 0.2) is 0 Å². The van der Waals surface area contributed by atoms with Gasteiger partial charge in [-0.1, -0.05) is 48.5 Å². The van der Waals surface area contributed by atoms with Crippen molar-refractivity contribution < 1.29 is 4.39 Å². The molecule has 2 aromatic rings. The maximum absolute atomic E-state index is 14.4. The first kappa shape index (κ1) is 11.3. The van der Waals surface area contributed by atoms with Gasteiger partial charge in [0.1, 0.15) is 6.17 Å². The van der Waals surface area contributed by atoms with Crippen molar-refractivity contribution in [1.29, 1.82) is 0 Å². The number of hydrogen-bond donors (Lipinski definition) is 1. The van der Waals surface area contributed by atoms with Crippen molar-refractivity contribution in [3.05, 3.63) is 65.2 Å². The fraction of sp³-hybridized carbons (Fsp3) is 0.250. The summed E-state index contributed by atoms with van der Waals surface area (Å²) in [6, 6.07) is 15.7. The van der Waals surface area contributed by atoms with Crippen LogP contribution >= 0.6 is 0 Å². The number of para-hydroxylation sites is 1. The minimum absolute atomic E-state index is 0.443. The molecule has 0 fully saturated rings. The van der Waals surface area contributed by atoms with Crippen molar-refractivity contribution in [2.45, 2.75) is 19.0 Å². The summed E-state index contributed by atoms with van der Waals surface area (Å²) < 4.78 is 14.4. The fourth-order valence-corrected chi connectivity index (χ4v) is 2.56. The number of rotatable bonds is 3. The van der Waals surface area contributed by atoms with Crippen molar-refractivity contribution >= 4 is 5.69 Å². The van der Waals surface area contributed by atoms with E-state index in [0.717, 1.165) is 29.8 Å². The largest absolute Gasteiger partial charge is 0.384 e. The highest BCUT2D eigenvalue weighted by Crippen LogP contribution is 2.34. The van der Waals surface area contributed by atoms with Gasteiger partial charge in [-0.15, -0.1) is 0 Å². The maximum atomic E-state index is 14.4. The highest BCUT2D eigenvalue weighted by molar-refractivity contribution is 5.62. The third-order valence-corrected chi connectivity index (χ3v) is 3.47. The average molecular weight is 241 g/mol. The first-order chi connectivity index (χ1) is 8.84. The van der Waals surface area contributed by atoms with Crippen molar-refractivity contribution in [3.8, 4) is 0 Å². The van der Waals surface area contributed by atoms with Gasteiger partial charge in [-0.05, 0) is 17.5 Å². The lowest BCUT2D eigenvalue weighted by Gasteiger charge is -2.13. The molecule has 0 aromatic heterocycles. The molecule has 18 heavy (non-hydrogen) atoms. The third-order valence-electron chi connectivity index (χ3n) is 3.47. The predicted octanol–water partition coefficient (Wildman–Crippen LogP) is 3.91. The van der Waals surface area contributed by atoms with Crippen molar-refractivity contribution in [2.24, 2.45) is 0 Å². The molecule has 0 radical (unpaired) electrons. The van der Waals surface area contributed by atoms with Gasteiger partial charge in [0.25, 0.3) is 0 Å². The zero-order valence-corrected chi connectivity index (χ0v) is 10.2. The van der Waals surface area contributed by atoms with Crippen LogP contribution in [-0.2, 0) is 12.8 Å². The van der Waals surface area contributed by atoms with Crippen LogP contribution in [0.2, 0.25) is 0 Å². The summed E-state index contributed by atoms with van der Waals surface area (Å²) in [5.74, 6) is 0. The van der Waals surface area contributed by atoms with Crippen LogP contribution in [0.5, 0.6) is 0 Å². The molecule has 0 aliphatic carbocycles. The van der Waals surface area contributed by atoms with Crippen molar-refractivity contribution in [3.63, 3.8) is 0 Å². The molecule has 1 atom stereocenters. The Morgan fingerprint density at radius 3 is 2.72 bits per heavy atom. The van der Waals surface area contributed by atoms with E-state index in [1.54, 1.807) is 0 Å². The molecule has 0 amide bonds. The molecule has 1 aliphatic heterocycles. The number of nitrogens with one attached hydrogen (secondary N) is 1. The zero-order valence-electron chi connectivity index (χ0n) is 10.2. The number of hydrogen-bond acceptors (Lipinski definition) is 1. The van der Waals surface area contributed by atoms with E-state index in [4.69, 9.17) is 0 Å². The van der Waals surface area contributed by atoms with E-state index in [1.165, 1.54) is 5.56 Å². The lowest BCUT2D eigenvalue weighted by Crippen LogP contribution is -2.01. The molecule has 3 rings (SSSR count). The van der Waals surface area contributed by atoms with E-state index < -0.39 is 6.17 Å². The van der Waals surface area contributed by atoms with Crippen LogP contribution < -0.4 is 5.32 Å². The Kier molecular flexibility index (Phi) is 3.01. The summed E-state index contributed by atoms with van der Waals surface area (Å²) in [7, 11) is 0. The van der Waals surface area contributed by atoms with Gasteiger partial charge in [-0.25, -0.2) is 4.39 Å². The molecule has 0 saturated heterocycles. The molecule has 2 aromatic carbocycles. The van der Waals surface area contributed by atoms with Gasteiger partial charge in [-0.2, -0.15) is 0 Å². The van der Waals surface area contributed by atoms with Gasteiger partial charge in [0.05, 0.1) is 0 Å². The van der Waals surface area contributed by atoms with Gasteiger partial charge in [-0.3, -0.25) is 0 Å². The molecule has 0 bridgehead atoms. The topological polar surface area (TPSA) is 12.0 Å². The molecular weight excluding hydrogens is 225 g/mol. The molecule has 92 valence electrons. The molecule has 0 saturated carbocycles. The van der Waals surface area contributed by atoms with Crippen LogP contribution in [0.3, 0.4) is 0 Å². The van der Waals surface area contributed by atoms with E-state index in [2.05, 4.69) is 11.4 Å². The highest BCUT2D eigenvalue weighted by atomic mass is 19.1. The molecule has 1 nitrogen and oxygen atoms in total. The highest BCUT2D eigenvalue weighted by Gasteiger charge is 2.20. The van der Waals surface area contributed by atoms with Crippen LogP contribution in [0, 0.1) is 0 Å². The summed E-state index contributed by atoms with van der Waals surface area (Å²) in [6.07, 6.45) is 0.508. The van der Waals surface area contributed by atoms with Crippen molar-refractivity contribution in [2.75, 3.05) is 11.9 Å². The Balaban J connectivity index is 1.85. The summed E-state index contributed by atoms with van der Waals surface area (Å²) in [5, 5.41) is 3.30. The summed E-state index contributed by atoms with van der Waals surface area (Å²) in [5.41, 5.74) is 4.10. The maximum Gasteiger partial charge on any atom is 0.131 e. The summed E-state index contributed by atoms with van der Waals surface area (Å²) >= 11 is 0. The predicted molar refractivity (Wildman–Crippen MR) is 72.6 cm³/mol. The Bertz CT molecular complexity index is 536. The monoisotopic (exact) mass is 241 g/mol. The minimum Gasteiger partial charge on any atom is -0.384 e.